The summed E-state index contributed by atoms with van der Waals surface area (Å²) in [7, 11) is 0. The van der Waals surface area contributed by atoms with Gasteiger partial charge in [-0.3, -0.25) is 4.79 Å². The molecular formula is C34H27ClN6O3S2. The Balaban J connectivity index is 1.26. The van der Waals surface area contributed by atoms with Crippen LogP contribution in [0.5, 0.6) is 5.75 Å². The fraction of sp³-hybridized carbons (Fsp3) is 0.147. The monoisotopic (exact) mass is 666 g/mol. The number of nitrogens with zero attached hydrogens (tertiary/aromatic N) is 4. The molecule has 2 heterocycles. The van der Waals surface area contributed by atoms with Crippen LogP contribution in [0.25, 0.3) is 21.7 Å². The lowest BCUT2D eigenvalue weighted by Gasteiger charge is -2.15. The molecule has 0 aliphatic heterocycles. The molecule has 0 spiro atoms. The predicted molar refractivity (Wildman–Crippen MR) is 181 cm³/mol. The average Bonchev–Trinajstić information content (AvgIpc) is 3.55. The van der Waals surface area contributed by atoms with E-state index in [-0.39, 0.29) is 23.6 Å². The molecule has 0 bridgehead atoms. The molecule has 230 valence electrons. The van der Waals surface area contributed by atoms with E-state index in [0.717, 1.165) is 21.8 Å². The van der Waals surface area contributed by atoms with E-state index in [2.05, 4.69) is 22.4 Å². The highest BCUT2D eigenvalue weighted by Gasteiger charge is 2.21. The molecule has 5 rings (SSSR count). The number of anilines is 1. The summed E-state index contributed by atoms with van der Waals surface area (Å²) in [6.07, 6.45) is 0.358. The number of thiazole rings is 1. The average molecular weight is 667 g/mol. The van der Waals surface area contributed by atoms with E-state index in [1.165, 1.54) is 23.1 Å². The van der Waals surface area contributed by atoms with Gasteiger partial charge in [0.2, 0.25) is 0 Å². The molecule has 3 aromatic carbocycles. The summed E-state index contributed by atoms with van der Waals surface area (Å²) in [4.78, 5) is 20.8. The van der Waals surface area contributed by atoms with Crippen LogP contribution in [-0.2, 0) is 17.0 Å². The standard InChI is InChI=1S/C34H27ClN6O3S2/c35-24-10-6-23(7-11-24)32-40-25(19-45-32)20-46-33-28(18-37)30(27(17-36)31(38)41-33)22-8-12-26(13-9-22)44-15-14-39-29(34(42)43)16-21-4-2-1-3-5-21/h1-13,19,29,39H,14-16,20H2,(H2,38,41)(H,42,43)/t29-/m0/s1. The number of carboxylic acids is 1. The highest BCUT2D eigenvalue weighted by atomic mass is 35.5. The number of aliphatic carboxylic acids is 1. The summed E-state index contributed by atoms with van der Waals surface area (Å²) in [5, 5.41) is 36.6. The third kappa shape index (κ3) is 8.02. The molecule has 0 radical (unpaired) electrons. The number of nitrogen functional groups attached to an aromatic ring is 1. The van der Waals surface area contributed by atoms with Crippen LogP contribution in [0.1, 0.15) is 22.4 Å². The van der Waals surface area contributed by atoms with E-state index < -0.39 is 12.0 Å². The Morgan fingerprint density at radius 1 is 1.00 bits per heavy atom. The van der Waals surface area contributed by atoms with Crippen LogP contribution in [0, 0.1) is 22.7 Å². The number of aromatic nitrogens is 2. The Morgan fingerprint density at radius 2 is 1.70 bits per heavy atom. The number of pyridine rings is 1. The summed E-state index contributed by atoms with van der Waals surface area (Å²) in [6, 6.07) is 27.4. The van der Waals surface area contributed by atoms with Crippen molar-refractivity contribution in [2.45, 2.75) is 23.2 Å². The predicted octanol–water partition coefficient (Wildman–Crippen LogP) is 6.81. The number of ether oxygens (including phenoxy) is 1. The van der Waals surface area contributed by atoms with Crippen LogP contribution in [0.15, 0.2) is 89.3 Å². The maximum absolute atomic E-state index is 11.7. The number of halogens is 1. The molecule has 0 aliphatic rings. The molecule has 0 unspecified atom stereocenters. The summed E-state index contributed by atoms with van der Waals surface area (Å²) in [5.41, 5.74) is 10.3. The van der Waals surface area contributed by atoms with E-state index in [1.54, 1.807) is 24.3 Å². The van der Waals surface area contributed by atoms with Crippen LogP contribution in [0.2, 0.25) is 5.02 Å². The van der Waals surface area contributed by atoms with Crippen molar-refractivity contribution in [1.82, 2.24) is 15.3 Å². The largest absolute Gasteiger partial charge is 0.492 e. The van der Waals surface area contributed by atoms with Gasteiger partial charge in [-0.25, -0.2) is 9.97 Å². The van der Waals surface area contributed by atoms with Crippen LogP contribution < -0.4 is 15.8 Å². The number of rotatable bonds is 13. The van der Waals surface area contributed by atoms with E-state index in [1.807, 2.05) is 60.0 Å². The molecule has 0 aliphatic carbocycles. The van der Waals surface area contributed by atoms with Crippen LogP contribution in [0.3, 0.4) is 0 Å². The smallest absolute Gasteiger partial charge is 0.321 e. The zero-order valence-corrected chi connectivity index (χ0v) is 26.7. The molecular weight excluding hydrogens is 640 g/mol. The lowest BCUT2D eigenvalue weighted by atomic mass is 9.97. The van der Waals surface area contributed by atoms with Crippen molar-refractivity contribution in [2.24, 2.45) is 0 Å². The zero-order chi connectivity index (χ0) is 32.5. The lowest BCUT2D eigenvalue weighted by molar-refractivity contribution is -0.139. The van der Waals surface area contributed by atoms with E-state index >= 15 is 0 Å². The number of nitriles is 2. The summed E-state index contributed by atoms with van der Waals surface area (Å²) < 4.78 is 5.83. The minimum atomic E-state index is -0.932. The first kappa shape index (κ1) is 32.5. The Hall–Kier alpha value is -4.91. The SMILES string of the molecule is N#Cc1c(N)nc(SCc2csc(-c3ccc(Cl)cc3)n2)c(C#N)c1-c1ccc(OCCN[C@@H](Cc2ccccc2)C(=O)O)cc1. The molecule has 0 fully saturated rings. The maximum Gasteiger partial charge on any atom is 0.321 e. The number of nitrogens with two attached hydrogens (primary N) is 1. The summed E-state index contributed by atoms with van der Waals surface area (Å²) in [6.45, 7) is 0.564. The first-order valence-electron chi connectivity index (χ1n) is 14.1. The van der Waals surface area contributed by atoms with Crippen molar-refractivity contribution >= 4 is 46.5 Å². The second-order valence-corrected chi connectivity index (χ2v) is 12.3. The lowest BCUT2D eigenvalue weighted by Crippen LogP contribution is -2.40. The summed E-state index contributed by atoms with van der Waals surface area (Å²) >= 11 is 8.84. The molecule has 5 aromatic rings. The molecule has 12 heteroatoms. The molecule has 9 nitrogen and oxygen atoms in total. The molecule has 4 N–H and O–H groups in total. The highest BCUT2D eigenvalue weighted by molar-refractivity contribution is 7.98. The summed E-state index contributed by atoms with van der Waals surface area (Å²) in [5.74, 6) is 0.104. The second kappa shape index (κ2) is 15.4. The third-order valence-corrected chi connectivity index (χ3v) is 9.10. The van der Waals surface area contributed by atoms with Gasteiger partial charge in [-0.15, -0.1) is 11.3 Å². The maximum atomic E-state index is 11.7. The number of carboxylic acid groups (broad SMARTS) is 1. The Bertz CT molecular complexity index is 1900. The van der Waals surface area contributed by atoms with E-state index in [4.69, 9.17) is 27.1 Å². The van der Waals surface area contributed by atoms with Crippen molar-refractivity contribution in [1.29, 1.82) is 10.5 Å². The Labute approximate surface area is 279 Å². The van der Waals surface area contributed by atoms with Gasteiger partial charge in [0.15, 0.2) is 0 Å². The van der Waals surface area contributed by atoms with Gasteiger partial charge in [0.05, 0.1) is 11.3 Å². The quantitative estimate of drug-likeness (QED) is 0.0900. The number of hydrogen-bond acceptors (Lipinski definition) is 10. The third-order valence-electron chi connectivity index (χ3n) is 6.90. The zero-order valence-electron chi connectivity index (χ0n) is 24.3. The molecule has 46 heavy (non-hydrogen) atoms. The van der Waals surface area contributed by atoms with Gasteiger partial charge in [0, 0.05) is 33.8 Å². The minimum absolute atomic E-state index is 0.0361. The fourth-order valence-electron chi connectivity index (χ4n) is 4.65. The van der Waals surface area contributed by atoms with Crippen molar-refractivity contribution in [2.75, 3.05) is 18.9 Å². The van der Waals surface area contributed by atoms with Gasteiger partial charge < -0.3 is 20.9 Å². The highest BCUT2D eigenvalue weighted by Crippen LogP contribution is 2.37. The molecule has 2 aromatic heterocycles. The van der Waals surface area contributed by atoms with Gasteiger partial charge in [0.25, 0.3) is 0 Å². The minimum Gasteiger partial charge on any atom is -0.492 e. The van der Waals surface area contributed by atoms with Gasteiger partial charge in [-0.1, -0.05) is 78.0 Å². The molecule has 0 amide bonds. The number of nitrogens with one attached hydrogen (secondary N) is 1. The number of thioether (sulfide) groups is 1. The second-order valence-electron chi connectivity index (χ2n) is 10.00. The normalized spacial score (nSPS) is 11.4. The molecule has 0 saturated carbocycles. The van der Waals surface area contributed by atoms with Crippen LogP contribution in [-0.4, -0.2) is 40.2 Å². The Morgan fingerprint density at radius 3 is 2.37 bits per heavy atom. The van der Waals surface area contributed by atoms with Crippen molar-refractivity contribution in [3.8, 4) is 39.6 Å². The van der Waals surface area contributed by atoms with Gasteiger partial charge in [-0.2, -0.15) is 10.5 Å². The van der Waals surface area contributed by atoms with Gasteiger partial charge >= 0.3 is 5.97 Å². The fourth-order valence-corrected chi connectivity index (χ4v) is 6.59. The van der Waals surface area contributed by atoms with Gasteiger partial charge in [0.1, 0.15) is 52.0 Å². The van der Waals surface area contributed by atoms with Crippen molar-refractivity contribution in [3.63, 3.8) is 0 Å². The van der Waals surface area contributed by atoms with Gasteiger partial charge in [-0.05, 0) is 41.8 Å². The van der Waals surface area contributed by atoms with Crippen molar-refractivity contribution < 1.29 is 14.6 Å². The topological polar surface area (TPSA) is 158 Å². The number of benzene rings is 3. The first-order valence-corrected chi connectivity index (χ1v) is 16.3. The van der Waals surface area contributed by atoms with E-state index in [9.17, 15) is 20.4 Å². The van der Waals surface area contributed by atoms with Crippen LogP contribution in [0.4, 0.5) is 5.82 Å². The molecule has 0 saturated heterocycles. The number of hydrogen-bond donors (Lipinski definition) is 3. The number of carbonyl (C=O) groups is 1. The first-order chi connectivity index (χ1) is 22.4. The van der Waals surface area contributed by atoms with Crippen LogP contribution >= 0.6 is 34.7 Å². The molecule has 1 atom stereocenters. The van der Waals surface area contributed by atoms with Crippen molar-refractivity contribution in [3.05, 3.63) is 112 Å². The van der Waals surface area contributed by atoms with E-state index in [0.29, 0.717) is 45.6 Å². The Kier molecular flexibility index (Phi) is 10.9.